The van der Waals surface area contributed by atoms with Gasteiger partial charge in [0, 0.05) is 18.0 Å². The van der Waals surface area contributed by atoms with Gasteiger partial charge in [0.15, 0.2) is 0 Å². The molecule has 2 heterocycles. The third-order valence-corrected chi connectivity index (χ3v) is 6.99. The maximum absolute atomic E-state index is 13.5. The fraction of sp³-hybridized carbons (Fsp3) is 0.292. The summed E-state index contributed by atoms with van der Waals surface area (Å²) >= 11 is 7.56. The van der Waals surface area contributed by atoms with Crippen LogP contribution >= 0.6 is 22.9 Å². The number of halogens is 1. The molecule has 0 unspecified atom stereocenters. The van der Waals surface area contributed by atoms with E-state index in [0.717, 1.165) is 36.5 Å². The molecule has 4 rings (SSSR count). The van der Waals surface area contributed by atoms with Crippen molar-refractivity contribution in [1.29, 1.82) is 0 Å². The number of hydrogen-bond donors (Lipinski definition) is 2. The second kappa shape index (κ2) is 10.9. The first-order valence-electron chi connectivity index (χ1n) is 11.4. The highest BCUT2D eigenvalue weighted by molar-refractivity contribution is 7.18. The highest BCUT2D eigenvalue weighted by Gasteiger charge is 2.14. The van der Waals surface area contributed by atoms with Gasteiger partial charge in [0.1, 0.15) is 0 Å². The van der Waals surface area contributed by atoms with Gasteiger partial charge in [-0.1, -0.05) is 30.7 Å². The Bertz CT molecular complexity index is 1600. The summed E-state index contributed by atoms with van der Waals surface area (Å²) in [6.07, 6.45) is 1.42. The molecule has 0 spiro atoms. The van der Waals surface area contributed by atoms with E-state index in [0.29, 0.717) is 23.6 Å². The highest BCUT2D eigenvalue weighted by atomic mass is 35.5. The van der Waals surface area contributed by atoms with Crippen LogP contribution in [-0.2, 0) is 24.3 Å². The fourth-order valence-electron chi connectivity index (χ4n) is 3.72. The normalized spacial score (nSPS) is 11.9. The molecule has 0 saturated heterocycles. The highest BCUT2D eigenvalue weighted by Crippen LogP contribution is 2.26. The molecule has 188 valence electrons. The largest absolute Gasteiger partial charge is 0.481 e. The lowest BCUT2D eigenvalue weighted by Gasteiger charge is -2.14. The van der Waals surface area contributed by atoms with E-state index in [9.17, 15) is 14.4 Å². The standard InChI is InChI=1S/C24H25ClN6O4S/c1-2-20-28-18-11-10-17(13-19(18)36-20)27-22-30(14-15-6-8-16(25)9-7-15)23(34)29(24(35)31(22)26)12-4-3-5-21(32)33/h6-11,13H,2-5,12,14,26H2,1H3,(H,32,33). The van der Waals surface area contributed by atoms with Gasteiger partial charge in [0.2, 0.25) is 5.62 Å². The van der Waals surface area contributed by atoms with Crippen LogP contribution in [0.3, 0.4) is 0 Å². The van der Waals surface area contributed by atoms with Crippen LogP contribution in [0.15, 0.2) is 57.0 Å². The van der Waals surface area contributed by atoms with Crippen LogP contribution in [-0.4, -0.2) is 29.9 Å². The molecule has 2 aromatic heterocycles. The zero-order valence-electron chi connectivity index (χ0n) is 19.6. The van der Waals surface area contributed by atoms with Crippen LogP contribution in [0.1, 0.15) is 36.8 Å². The van der Waals surface area contributed by atoms with Crippen molar-refractivity contribution in [3.8, 4) is 0 Å². The van der Waals surface area contributed by atoms with E-state index in [1.165, 1.54) is 4.57 Å². The summed E-state index contributed by atoms with van der Waals surface area (Å²) in [6, 6.07) is 12.4. The smallest absolute Gasteiger partial charge is 0.353 e. The SMILES string of the molecule is CCc1nc2ccc(N=c3n(N)c(=O)n(CCCCC(=O)O)c(=O)n3Cc3ccc(Cl)cc3)cc2s1. The molecule has 0 saturated carbocycles. The monoisotopic (exact) mass is 528 g/mol. The number of rotatable bonds is 9. The van der Waals surface area contributed by atoms with Gasteiger partial charge < -0.3 is 10.9 Å². The number of nitrogen functional groups attached to an aromatic ring is 1. The number of aromatic nitrogens is 4. The first-order chi connectivity index (χ1) is 17.3. The van der Waals surface area contributed by atoms with Crippen molar-refractivity contribution in [1.82, 2.24) is 18.8 Å². The van der Waals surface area contributed by atoms with Gasteiger partial charge in [-0.25, -0.2) is 24.1 Å². The number of carboxylic acids is 1. The first-order valence-corrected chi connectivity index (χ1v) is 12.6. The van der Waals surface area contributed by atoms with Gasteiger partial charge in [-0.15, -0.1) is 11.3 Å². The van der Waals surface area contributed by atoms with E-state index >= 15 is 0 Å². The van der Waals surface area contributed by atoms with Crippen LogP contribution in [0.2, 0.25) is 5.02 Å². The van der Waals surface area contributed by atoms with E-state index in [1.54, 1.807) is 41.7 Å². The Morgan fingerprint density at radius 2 is 1.86 bits per heavy atom. The molecule has 0 bridgehead atoms. The minimum absolute atomic E-state index is 0.0127. The molecule has 2 aromatic carbocycles. The molecule has 10 nitrogen and oxygen atoms in total. The van der Waals surface area contributed by atoms with Gasteiger partial charge in [0.25, 0.3) is 0 Å². The lowest BCUT2D eigenvalue weighted by molar-refractivity contribution is -0.137. The summed E-state index contributed by atoms with van der Waals surface area (Å²) in [4.78, 5) is 46.4. The van der Waals surface area contributed by atoms with Crippen molar-refractivity contribution in [3.05, 3.63) is 84.6 Å². The second-order valence-corrected chi connectivity index (χ2v) is 9.73. The van der Waals surface area contributed by atoms with E-state index in [-0.39, 0.29) is 25.1 Å². The zero-order valence-corrected chi connectivity index (χ0v) is 21.1. The topological polar surface area (TPSA) is 138 Å². The molecule has 4 aromatic rings. The number of hydrogen-bond acceptors (Lipinski definition) is 7. The summed E-state index contributed by atoms with van der Waals surface area (Å²) in [5.41, 5.74) is 0.815. The van der Waals surface area contributed by atoms with Gasteiger partial charge in [-0.2, -0.15) is 4.68 Å². The number of carbonyl (C=O) groups is 1. The number of fused-ring (bicyclic) bond motifs is 1. The summed E-state index contributed by atoms with van der Waals surface area (Å²) in [5.74, 6) is 5.24. The third-order valence-electron chi connectivity index (χ3n) is 5.58. The van der Waals surface area contributed by atoms with E-state index in [2.05, 4.69) is 9.98 Å². The molecular formula is C24H25ClN6O4S. The Balaban J connectivity index is 1.84. The molecule has 0 atom stereocenters. The molecule has 3 N–H and O–H groups in total. The third kappa shape index (κ3) is 5.58. The Labute approximate surface area is 214 Å². The minimum Gasteiger partial charge on any atom is -0.481 e. The van der Waals surface area contributed by atoms with E-state index < -0.39 is 17.3 Å². The first kappa shape index (κ1) is 25.4. The van der Waals surface area contributed by atoms with Crippen molar-refractivity contribution in [2.24, 2.45) is 4.99 Å². The van der Waals surface area contributed by atoms with Gasteiger partial charge >= 0.3 is 17.3 Å². The van der Waals surface area contributed by atoms with Crippen LogP contribution < -0.4 is 22.8 Å². The lowest BCUT2D eigenvalue weighted by Crippen LogP contribution is -2.57. The predicted molar refractivity (Wildman–Crippen MR) is 139 cm³/mol. The number of aliphatic carboxylic acids is 1. The van der Waals surface area contributed by atoms with Crippen LogP contribution in [0, 0.1) is 0 Å². The van der Waals surface area contributed by atoms with Crippen molar-refractivity contribution in [2.75, 3.05) is 5.84 Å². The molecule has 0 amide bonds. The van der Waals surface area contributed by atoms with Gasteiger partial charge in [-0.05, 0) is 55.2 Å². The lowest BCUT2D eigenvalue weighted by atomic mass is 10.2. The Hall–Kier alpha value is -3.70. The van der Waals surface area contributed by atoms with Crippen molar-refractivity contribution >= 4 is 44.8 Å². The Morgan fingerprint density at radius 1 is 1.11 bits per heavy atom. The molecule has 36 heavy (non-hydrogen) atoms. The average Bonchev–Trinajstić information content (AvgIpc) is 3.28. The van der Waals surface area contributed by atoms with Crippen molar-refractivity contribution in [2.45, 2.75) is 45.7 Å². The van der Waals surface area contributed by atoms with Crippen molar-refractivity contribution < 1.29 is 9.90 Å². The number of thiazole rings is 1. The predicted octanol–water partition coefficient (Wildman–Crippen LogP) is 2.89. The number of aryl methyl sites for hydroxylation is 1. The van der Waals surface area contributed by atoms with Crippen LogP contribution in [0.5, 0.6) is 0 Å². The van der Waals surface area contributed by atoms with Crippen LogP contribution in [0.4, 0.5) is 5.69 Å². The molecule has 0 aliphatic heterocycles. The Kier molecular flexibility index (Phi) is 7.70. The number of carboxylic acid groups (broad SMARTS) is 1. The number of nitrogens with zero attached hydrogens (tertiary/aromatic N) is 5. The number of unbranched alkanes of at least 4 members (excludes halogenated alkanes) is 1. The zero-order chi connectivity index (χ0) is 25.8. The summed E-state index contributed by atoms with van der Waals surface area (Å²) < 4.78 is 4.13. The molecule has 0 aliphatic carbocycles. The molecule has 0 fully saturated rings. The quantitative estimate of drug-likeness (QED) is 0.253. The van der Waals surface area contributed by atoms with Gasteiger partial charge in [-0.3, -0.25) is 9.36 Å². The van der Waals surface area contributed by atoms with E-state index in [1.807, 2.05) is 19.1 Å². The molecule has 0 aliphatic rings. The summed E-state index contributed by atoms with van der Waals surface area (Å²) in [6.45, 7) is 2.17. The second-order valence-electron chi connectivity index (χ2n) is 8.18. The number of benzene rings is 2. The number of nitrogens with two attached hydrogens (primary N) is 1. The Morgan fingerprint density at radius 3 is 2.56 bits per heavy atom. The van der Waals surface area contributed by atoms with Crippen LogP contribution in [0.25, 0.3) is 10.2 Å². The summed E-state index contributed by atoms with van der Waals surface area (Å²) in [5, 5.41) is 10.4. The molecule has 12 heteroatoms. The molecular weight excluding hydrogens is 504 g/mol. The minimum atomic E-state index is -0.936. The van der Waals surface area contributed by atoms with E-state index in [4.69, 9.17) is 22.6 Å². The van der Waals surface area contributed by atoms with Gasteiger partial charge in [0.05, 0.1) is 27.5 Å². The fourth-order valence-corrected chi connectivity index (χ4v) is 4.78. The maximum atomic E-state index is 13.5. The average molecular weight is 529 g/mol. The van der Waals surface area contributed by atoms with Crippen molar-refractivity contribution in [3.63, 3.8) is 0 Å². The molecule has 0 radical (unpaired) electrons. The summed E-state index contributed by atoms with van der Waals surface area (Å²) in [7, 11) is 0. The maximum Gasteiger partial charge on any atom is 0.353 e.